The maximum Gasteiger partial charge on any atom is 0.344 e. The maximum atomic E-state index is 11.5. The van der Waals surface area contributed by atoms with Gasteiger partial charge in [-0.3, -0.25) is 19.8 Å². The topological polar surface area (TPSA) is 130 Å². The van der Waals surface area contributed by atoms with Crippen LogP contribution in [-0.2, 0) is 19.1 Å². The number of esters is 2. The largest absolute Gasteiger partial charge is 0.493 e. The van der Waals surface area contributed by atoms with Gasteiger partial charge in [0, 0.05) is 32.6 Å². The highest BCUT2D eigenvalue weighted by atomic mass is 16.6. The molecule has 3 rings (SSSR count). The van der Waals surface area contributed by atoms with Gasteiger partial charge < -0.3 is 28.6 Å². The Hall–Kier alpha value is -4.06. The molecule has 0 bridgehead atoms. The van der Waals surface area contributed by atoms with Crippen molar-refractivity contribution in [3.05, 3.63) is 52.6 Å². The molecular formula is C30H41N3O9. The van der Waals surface area contributed by atoms with Crippen LogP contribution in [0.25, 0.3) is 0 Å². The molecule has 1 aliphatic heterocycles. The van der Waals surface area contributed by atoms with Crippen molar-refractivity contribution >= 4 is 23.3 Å². The Bertz CT molecular complexity index is 1150. The van der Waals surface area contributed by atoms with Gasteiger partial charge in [-0.2, -0.15) is 0 Å². The summed E-state index contributed by atoms with van der Waals surface area (Å²) in [6.45, 7) is 9.11. The van der Waals surface area contributed by atoms with Crippen LogP contribution in [0.2, 0.25) is 0 Å². The smallest absolute Gasteiger partial charge is 0.344 e. The number of ether oxygens (including phenoxy) is 5. The molecule has 0 aromatic heterocycles. The third-order valence-corrected chi connectivity index (χ3v) is 6.58. The highest BCUT2D eigenvalue weighted by Gasteiger charge is 2.20. The predicted molar refractivity (Wildman–Crippen MR) is 156 cm³/mol. The second-order valence-electron chi connectivity index (χ2n) is 9.59. The van der Waals surface area contributed by atoms with Crippen LogP contribution in [0, 0.1) is 10.1 Å². The van der Waals surface area contributed by atoms with Crippen molar-refractivity contribution in [2.24, 2.45) is 0 Å². The SMILES string of the molecule is CCOC(=O)CCCOc1ccccc1N1CCN(CCCCOc2ccc(OCC(=O)OCC)c([N+](=O)[O-])c2)CC1. The van der Waals surface area contributed by atoms with E-state index in [1.165, 1.54) is 12.1 Å². The molecule has 1 aliphatic rings. The number of rotatable bonds is 18. The van der Waals surface area contributed by atoms with Gasteiger partial charge in [-0.05, 0) is 63.9 Å². The fraction of sp³-hybridized carbons (Fsp3) is 0.533. The Kier molecular flexibility index (Phi) is 13.7. The number of nitro benzene ring substituents is 1. The highest BCUT2D eigenvalue weighted by Crippen LogP contribution is 2.32. The van der Waals surface area contributed by atoms with Crippen molar-refractivity contribution in [3.8, 4) is 17.2 Å². The van der Waals surface area contributed by atoms with Gasteiger partial charge in [-0.15, -0.1) is 0 Å². The molecule has 2 aromatic rings. The van der Waals surface area contributed by atoms with Gasteiger partial charge in [0.25, 0.3) is 0 Å². The molecule has 1 heterocycles. The minimum absolute atomic E-state index is 0.0114. The monoisotopic (exact) mass is 587 g/mol. The first-order chi connectivity index (χ1) is 20.4. The fourth-order valence-corrected chi connectivity index (χ4v) is 4.50. The molecule has 0 N–H and O–H groups in total. The standard InChI is InChI=1S/C30H41N3O9/c1-3-38-29(34)12-9-21-41-27-11-6-5-10-25(27)32-18-16-31(17-19-32)15-7-8-20-40-24-13-14-28(26(22-24)33(36)37)42-23-30(35)39-4-2/h5-6,10-11,13-14,22H,3-4,7-9,12,15-21,23H2,1-2H3. The van der Waals surface area contributed by atoms with Crippen molar-refractivity contribution in [1.29, 1.82) is 0 Å². The Morgan fingerprint density at radius 2 is 1.55 bits per heavy atom. The number of carbonyl (C=O) groups is 2. The van der Waals surface area contributed by atoms with E-state index in [0.29, 0.717) is 38.4 Å². The first-order valence-corrected chi connectivity index (χ1v) is 14.5. The molecule has 0 radical (unpaired) electrons. The lowest BCUT2D eigenvalue weighted by Crippen LogP contribution is -2.46. The summed E-state index contributed by atoms with van der Waals surface area (Å²) in [4.78, 5) is 38.7. The quantitative estimate of drug-likeness (QED) is 0.107. The van der Waals surface area contributed by atoms with E-state index in [9.17, 15) is 19.7 Å². The van der Waals surface area contributed by atoms with Gasteiger partial charge >= 0.3 is 17.6 Å². The summed E-state index contributed by atoms with van der Waals surface area (Å²) in [5, 5.41) is 11.5. The Balaban J connectivity index is 1.36. The van der Waals surface area contributed by atoms with Gasteiger partial charge in [-0.25, -0.2) is 4.79 Å². The summed E-state index contributed by atoms with van der Waals surface area (Å²) in [7, 11) is 0. The molecule has 230 valence electrons. The Morgan fingerprint density at radius 3 is 2.29 bits per heavy atom. The molecule has 1 fully saturated rings. The molecule has 2 aromatic carbocycles. The van der Waals surface area contributed by atoms with E-state index in [0.717, 1.165) is 57.0 Å². The number of para-hydroxylation sites is 2. The van der Waals surface area contributed by atoms with Crippen molar-refractivity contribution in [2.75, 3.05) is 70.7 Å². The molecule has 0 spiro atoms. The zero-order chi connectivity index (χ0) is 30.2. The van der Waals surface area contributed by atoms with Crippen LogP contribution < -0.4 is 19.1 Å². The van der Waals surface area contributed by atoms with Crippen molar-refractivity contribution < 1.29 is 38.2 Å². The number of carbonyl (C=O) groups excluding carboxylic acids is 2. The normalized spacial score (nSPS) is 13.3. The van der Waals surface area contributed by atoms with Crippen LogP contribution in [0.5, 0.6) is 17.2 Å². The average molecular weight is 588 g/mol. The third-order valence-electron chi connectivity index (χ3n) is 6.58. The minimum atomic E-state index is -0.591. The number of nitro groups is 1. The van der Waals surface area contributed by atoms with Gasteiger partial charge in [0.15, 0.2) is 12.4 Å². The van der Waals surface area contributed by atoms with Crippen molar-refractivity contribution in [1.82, 2.24) is 4.90 Å². The second-order valence-corrected chi connectivity index (χ2v) is 9.59. The molecule has 12 nitrogen and oxygen atoms in total. The van der Waals surface area contributed by atoms with Gasteiger partial charge in [0.1, 0.15) is 11.5 Å². The molecule has 42 heavy (non-hydrogen) atoms. The third kappa shape index (κ3) is 10.7. The lowest BCUT2D eigenvalue weighted by Gasteiger charge is -2.36. The fourth-order valence-electron chi connectivity index (χ4n) is 4.50. The number of nitrogens with zero attached hydrogens (tertiary/aromatic N) is 3. The van der Waals surface area contributed by atoms with Gasteiger partial charge in [-0.1, -0.05) is 12.1 Å². The van der Waals surface area contributed by atoms with E-state index in [2.05, 4.69) is 15.9 Å². The summed E-state index contributed by atoms with van der Waals surface area (Å²) in [5.41, 5.74) is 0.798. The number of unbranched alkanes of at least 4 members (excludes halogenated alkanes) is 1. The van der Waals surface area contributed by atoms with Crippen molar-refractivity contribution in [3.63, 3.8) is 0 Å². The number of hydrogen-bond donors (Lipinski definition) is 0. The van der Waals surface area contributed by atoms with Crippen LogP contribution in [0.4, 0.5) is 11.4 Å². The predicted octanol–water partition coefficient (Wildman–Crippen LogP) is 4.24. The van der Waals surface area contributed by atoms with E-state index in [4.69, 9.17) is 23.7 Å². The summed E-state index contributed by atoms with van der Waals surface area (Å²) < 4.78 is 26.7. The van der Waals surface area contributed by atoms with E-state index in [-0.39, 0.29) is 24.0 Å². The van der Waals surface area contributed by atoms with E-state index >= 15 is 0 Å². The van der Waals surface area contributed by atoms with Crippen LogP contribution in [-0.4, -0.2) is 87.5 Å². The van der Waals surface area contributed by atoms with Crippen LogP contribution in [0.3, 0.4) is 0 Å². The first-order valence-electron chi connectivity index (χ1n) is 14.5. The maximum absolute atomic E-state index is 11.5. The molecular weight excluding hydrogens is 546 g/mol. The molecule has 0 aliphatic carbocycles. The summed E-state index contributed by atoms with van der Waals surface area (Å²) in [6.07, 6.45) is 2.69. The van der Waals surface area contributed by atoms with Crippen LogP contribution in [0.1, 0.15) is 39.5 Å². The highest BCUT2D eigenvalue weighted by molar-refractivity contribution is 5.71. The molecule has 1 saturated heterocycles. The summed E-state index contributed by atoms with van der Waals surface area (Å²) in [6, 6.07) is 12.3. The van der Waals surface area contributed by atoms with Crippen LogP contribution >= 0.6 is 0 Å². The summed E-state index contributed by atoms with van der Waals surface area (Å²) in [5.74, 6) is 0.398. The second kappa shape index (κ2) is 17.7. The molecule has 0 unspecified atom stereocenters. The lowest BCUT2D eigenvalue weighted by molar-refractivity contribution is -0.385. The number of benzene rings is 2. The van der Waals surface area contributed by atoms with Crippen molar-refractivity contribution in [2.45, 2.75) is 39.5 Å². The molecule has 0 saturated carbocycles. The zero-order valence-electron chi connectivity index (χ0n) is 24.5. The number of piperazine rings is 1. The number of anilines is 1. The lowest BCUT2D eigenvalue weighted by atomic mass is 10.2. The minimum Gasteiger partial charge on any atom is -0.493 e. The van der Waals surface area contributed by atoms with Crippen LogP contribution in [0.15, 0.2) is 42.5 Å². The zero-order valence-corrected chi connectivity index (χ0v) is 24.5. The van der Waals surface area contributed by atoms with E-state index in [1.54, 1.807) is 19.9 Å². The first kappa shape index (κ1) is 32.5. The molecule has 0 amide bonds. The summed E-state index contributed by atoms with van der Waals surface area (Å²) >= 11 is 0. The molecule has 12 heteroatoms. The van der Waals surface area contributed by atoms with E-state index in [1.807, 2.05) is 18.2 Å². The Labute approximate surface area is 246 Å². The van der Waals surface area contributed by atoms with Gasteiger partial charge in [0.2, 0.25) is 0 Å². The molecule has 0 atom stereocenters. The average Bonchev–Trinajstić information content (AvgIpc) is 2.99. The van der Waals surface area contributed by atoms with E-state index < -0.39 is 17.5 Å². The Morgan fingerprint density at radius 1 is 0.833 bits per heavy atom. The number of hydrogen-bond acceptors (Lipinski definition) is 11. The van der Waals surface area contributed by atoms with Gasteiger partial charge in [0.05, 0.1) is 43.1 Å².